The zero-order chi connectivity index (χ0) is 13.0. The van der Waals surface area contributed by atoms with Crippen LogP contribution in [0.3, 0.4) is 0 Å². The van der Waals surface area contributed by atoms with Crippen molar-refractivity contribution in [3.8, 4) is 0 Å². The van der Waals surface area contributed by atoms with Crippen molar-refractivity contribution >= 4 is 23.4 Å². The van der Waals surface area contributed by atoms with Crippen LogP contribution in [0, 0.1) is 5.92 Å². The average Bonchev–Trinajstić information content (AvgIpc) is 2.39. The molecule has 1 aliphatic carbocycles. The first-order valence-electron chi connectivity index (χ1n) is 6.32. The molecule has 1 aromatic carbocycles. The van der Waals surface area contributed by atoms with Crippen LogP contribution in [0.1, 0.15) is 25.7 Å². The molecule has 0 saturated heterocycles. The molecule has 0 aliphatic heterocycles. The van der Waals surface area contributed by atoms with E-state index in [-0.39, 0.29) is 12.0 Å². The molecule has 2 unspecified atom stereocenters. The van der Waals surface area contributed by atoms with Gasteiger partial charge in [0.05, 0.1) is 5.92 Å². The van der Waals surface area contributed by atoms with Crippen LogP contribution < -0.4 is 5.32 Å². The molecule has 1 fully saturated rings. The minimum absolute atomic E-state index is 0.181. The molecular weight excluding hydrogens is 246 g/mol. The SMILES string of the molecule is CSc1cccc(NC2CCCC(C(=O)O)C2)c1. The van der Waals surface area contributed by atoms with Crippen molar-refractivity contribution in [2.75, 3.05) is 11.6 Å². The molecule has 98 valence electrons. The number of nitrogens with one attached hydrogen (secondary N) is 1. The van der Waals surface area contributed by atoms with Crippen molar-refractivity contribution in [1.29, 1.82) is 0 Å². The number of carbonyl (C=O) groups is 1. The predicted octanol–water partition coefficient (Wildman–Crippen LogP) is 3.46. The molecule has 2 N–H and O–H groups in total. The van der Waals surface area contributed by atoms with E-state index in [0.717, 1.165) is 31.4 Å². The Labute approximate surface area is 112 Å². The highest BCUT2D eigenvalue weighted by Gasteiger charge is 2.26. The molecule has 2 atom stereocenters. The summed E-state index contributed by atoms with van der Waals surface area (Å²) in [6.07, 6.45) is 5.67. The Balaban J connectivity index is 1.97. The summed E-state index contributed by atoms with van der Waals surface area (Å²) < 4.78 is 0. The lowest BCUT2D eigenvalue weighted by Crippen LogP contribution is -2.30. The number of carboxylic acid groups (broad SMARTS) is 1. The van der Waals surface area contributed by atoms with Crippen LogP contribution in [0.2, 0.25) is 0 Å². The topological polar surface area (TPSA) is 49.3 Å². The van der Waals surface area contributed by atoms with Crippen LogP contribution in [0.4, 0.5) is 5.69 Å². The maximum atomic E-state index is 11.0. The van der Waals surface area contributed by atoms with Crippen LogP contribution in [-0.4, -0.2) is 23.4 Å². The van der Waals surface area contributed by atoms with Gasteiger partial charge in [0.1, 0.15) is 0 Å². The van der Waals surface area contributed by atoms with Crippen molar-refractivity contribution < 1.29 is 9.90 Å². The zero-order valence-corrected chi connectivity index (χ0v) is 11.4. The van der Waals surface area contributed by atoms with Crippen LogP contribution in [0.15, 0.2) is 29.2 Å². The van der Waals surface area contributed by atoms with Crippen LogP contribution >= 0.6 is 11.8 Å². The van der Waals surface area contributed by atoms with Crippen LogP contribution in [0.25, 0.3) is 0 Å². The van der Waals surface area contributed by atoms with Gasteiger partial charge in [-0.25, -0.2) is 0 Å². The van der Waals surface area contributed by atoms with E-state index in [1.165, 1.54) is 4.90 Å². The lowest BCUT2D eigenvalue weighted by atomic mass is 9.85. The average molecular weight is 265 g/mol. The smallest absolute Gasteiger partial charge is 0.306 e. The number of anilines is 1. The number of benzene rings is 1. The van der Waals surface area contributed by atoms with Crippen molar-refractivity contribution in [2.24, 2.45) is 5.92 Å². The van der Waals surface area contributed by atoms with E-state index in [0.29, 0.717) is 0 Å². The molecule has 0 aromatic heterocycles. The Kier molecular flexibility index (Phi) is 4.53. The lowest BCUT2D eigenvalue weighted by molar-refractivity contribution is -0.142. The van der Waals surface area contributed by atoms with E-state index >= 15 is 0 Å². The normalized spacial score (nSPS) is 23.6. The lowest BCUT2D eigenvalue weighted by Gasteiger charge is -2.28. The molecule has 3 nitrogen and oxygen atoms in total. The van der Waals surface area contributed by atoms with Crippen LogP contribution in [0.5, 0.6) is 0 Å². The fourth-order valence-corrected chi connectivity index (χ4v) is 2.95. The number of aliphatic carboxylic acids is 1. The minimum Gasteiger partial charge on any atom is -0.481 e. The molecule has 0 radical (unpaired) electrons. The molecule has 4 heteroatoms. The molecule has 1 aromatic rings. The first-order chi connectivity index (χ1) is 8.69. The quantitative estimate of drug-likeness (QED) is 0.818. The molecule has 0 heterocycles. The fourth-order valence-electron chi connectivity index (χ4n) is 2.49. The highest BCUT2D eigenvalue weighted by Crippen LogP contribution is 2.28. The number of rotatable bonds is 4. The Hall–Kier alpha value is -1.16. The maximum absolute atomic E-state index is 11.0. The minimum atomic E-state index is -0.653. The van der Waals surface area contributed by atoms with Gasteiger partial charge in [-0.1, -0.05) is 12.5 Å². The van der Waals surface area contributed by atoms with E-state index in [4.69, 9.17) is 5.11 Å². The summed E-state index contributed by atoms with van der Waals surface area (Å²) in [5.74, 6) is -0.834. The van der Waals surface area contributed by atoms with Gasteiger partial charge < -0.3 is 10.4 Å². The van der Waals surface area contributed by atoms with Gasteiger partial charge in [-0.3, -0.25) is 4.79 Å². The second kappa shape index (κ2) is 6.14. The molecule has 18 heavy (non-hydrogen) atoms. The highest BCUT2D eigenvalue weighted by atomic mass is 32.2. The Morgan fingerprint density at radius 3 is 3.00 bits per heavy atom. The van der Waals surface area contributed by atoms with Gasteiger partial charge in [0.25, 0.3) is 0 Å². The summed E-state index contributed by atoms with van der Waals surface area (Å²) in [6, 6.07) is 8.57. The van der Waals surface area contributed by atoms with Gasteiger partial charge in [0, 0.05) is 16.6 Å². The largest absolute Gasteiger partial charge is 0.481 e. The molecule has 1 saturated carbocycles. The van der Waals surface area contributed by atoms with Crippen LogP contribution in [-0.2, 0) is 4.79 Å². The molecule has 0 amide bonds. The van der Waals surface area contributed by atoms with Crippen molar-refractivity contribution in [3.63, 3.8) is 0 Å². The van der Waals surface area contributed by atoms with Crippen molar-refractivity contribution in [1.82, 2.24) is 0 Å². The Morgan fingerprint density at radius 1 is 1.44 bits per heavy atom. The Morgan fingerprint density at radius 2 is 2.28 bits per heavy atom. The van der Waals surface area contributed by atoms with Gasteiger partial charge in [0.2, 0.25) is 0 Å². The fraction of sp³-hybridized carbons (Fsp3) is 0.500. The molecule has 0 spiro atoms. The monoisotopic (exact) mass is 265 g/mol. The molecular formula is C14H19NO2S. The van der Waals surface area contributed by atoms with Gasteiger partial charge >= 0.3 is 5.97 Å². The third-order valence-corrected chi connectivity index (χ3v) is 4.19. The van der Waals surface area contributed by atoms with E-state index < -0.39 is 5.97 Å². The Bertz CT molecular complexity index is 422. The number of carboxylic acids is 1. The first kappa shape index (κ1) is 13.3. The molecule has 1 aliphatic rings. The standard InChI is InChI=1S/C14H19NO2S/c1-18-13-7-3-6-12(9-13)15-11-5-2-4-10(8-11)14(16)17/h3,6-7,9-11,15H,2,4-5,8H2,1H3,(H,16,17). The number of hydrogen-bond acceptors (Lipinski definition) is 3. The maximum Gasteiger partial charge on any atom is 0.306 e. The summed E-state index contributed by atoms with van der Waals surface area (Å²) in [4.78, 5) is 12.2. The summed E-state index contributed by atoms with van der Waals surface area (Å²) in [5, 5.41) is 12.5. The van der Waals surface area contributed by atoms with E-state index in [9.17, 15) is 4.79 Å². The van der Waals surface area contributed by atoms with Gasteiger partial charge in [0.15, 0.2) is 0 Å². The third-order valence-electron chi connectivity index (χ3n) is 3.46. The van der Waals surface area contributed by atoms with E-state index in [1.54, 1.807) is 11.8 Å². The predicted molar refractivity (Wildman–Crippen MR) is 75.2 cm³/mol. The third kappa shape index (κ3) is 3.42. The van der Waals surface area contributed by atoms with Gasteiger partial charge in [-0.05, 0) is 43.7 Å². The van der Waals surface area contributed by atoms with Gasteiger partial charge in [-0.2, -0.15) is 0 Å². The summed E-state index contributed by atoms with van der Waals surface area (Å²) in [7, 11) is 0. The summed E-state index contributed by atoms with van der Waals surface area (Å²) in [6.45, 7) is 0. The number of thioether (sulfide) groups is 1. The van der Waals surface area contributed by atoms with Gasteiger partial charge in [-0.15, -0.1) is 11.8 Å². The second-order valence-electron chi connectivity index (χ2n) is 4.77. The second-order valence-corrected chi connectivity index (χ2v) is 5.65. The number of hydrogen-bond donors (Lipinski definition) is 2. The highest BCUT2D eigenvalue weighted by molar-refractivity contribution is 7.98. The molecule has 0 bridgehead atoms. The zero-order valence-electron chi connectivity index (χ0n) is 10.6. The summed E-state index contributed by atoms with van der Waals surface area (Å²) >= 11 is 1.72. The van der Waals surface area contributed by atoms with E-state index in [2.05, 4.69) is 23.7 Å². The first-order valence-corrected chi connectivity index (χ1v) is 7.55. The molecule has 2 rings (SSSR count). The van der Waals surface area contributed by atoms with Crippen molar-refractivity contribution in [3.05, 3.63) is 24.3 Å². The van der Waals surface area contributed by atoms with E-state index in [1.807, 2.05) is 12.1 Å². The van der Waals surface area contributed by atoms with Crippen molar-refractivity contribution in [2.45, 2.75) is 36.6 Å². The summed E-state index contributed by atoms with van der Waals surface area (Å²) in [5.41, 5.74) is 1.10.